The highest BCUT2D eigenvalue weighted by molar-refractivity contribution is 5.73. The van der Waals surface area contributed by atoms with Crippen molar-refractivity contribution in [1.29, 1.82) is 0 Å². The molecule has 2 saturated heterocycles. The van der Waals surface area contributed by atoms with Gasteiger partial charge in [-0.3, -0.25) is 9.88 Å². The molecule has 12 heteroatoms. The van der Waals surface area contributed by atoms with Crippen LogP contribution in [0.1, 0.15) is 18.4 Å². The van der Waals surface area contributed by atoms with Gasteiger partial charge in [0.25, 0.3) is 0 Å². The minimum atomic E-state index is -2.98. The first-order chi connectivity index (χ1) is 21.8. The average Bonchev–Trinajstić information content (AvgIpc) is 3.03. The predicted octanol–water partition coefficient (Wildman–Crippen LogP) is 6.29. The highest BCUT2D eigenvalue weighted by Gasteiger charge is 2.28. The molecule has 0 radical (unpaired) electrons. The zero-order chi connectivity index (χ0) is 31.3. The molecule has 0 saturated carbocycles. The zero-order valence-corrected chi connectivity index (χ0v) is 25.4. The van der Waals surface area contributed by atoms with Gasteiger partial charge in [-0.25, -0.2) is 14.4 Å². The van der Waals surface area contributed by atoms with Crippen LogP contribution in [-0.2, 0) is 0 Å². The average molecular weight is 619 g/mol. The number of hydrogen-bond acceptors (Lipinski definition) is 9. The van der Waals surface area contributed by atoms with Crippen LogP contribution in [0.25, 0.3) is 11.3 Å². The number of halogens is 3. The maximum atomic E-state index is 14.3. The lowest BCUT2D eigenvalue weighted by molar-refractivity contribution is -0.0493. The molecule has 2 N–H and O–H groups in total. The SMILES string of the molecule is Cc1cc(Nc2cc(Nc3ccnc(-c4ccccc4F)c3)ncn2)c(OC(F)F)cc1N1CCC(N2CCN(C)CC2)CC1. The monoisotopic (exact) mass is 618 g/mol. The smallest absolute Gasteiger partial charge is 0.387 e. The van der Waals surface area contributed by atoms with E-state index in [1.165, 1.54) is 12.4 Å². The van der Waals surface area contributed by atoms with Gasteiger partial charge in [-0.1, -0.05) is 12.1 Å². The van der Waals surface area contributed by atoms with E-state index in [1.807, 2.05) is 13.0 Å². The third-order valence-electron chi connectivity index (χ3n) is 8.49. The summed E-state index contributed by atoms with van der Waals surface area (Å²) in [6.07, 6.45) is 5.01. The van der Waals surface area contributed by atoms with Crippen molar-refractivity contribution in [3.8, 4) is 17.0 Å². The minimum absolute atomic E-state index is 0.0450. The van der Waals surface area contributed by atoms with Crippen LogP contribution in [0.3, 0.4) is 0 Å². The van der Waals surface area contributed by atoms with Gasteiger partial charge >= 0.3 is 6.61 Å². The van der Waals surface area contributed by atoms with E-state index in [2.05, 4.69) is 47.3 Å². The van der Waals surface area contributed by atoms with Gasteiger partial charge in [-0.2, -0.15) is 8.78 Å². The van der Waals surface area contributed by atoms with E-state index in [0.717, 1.165) is 63.4 Å². The Morgan fingerprint density at radius 3 is 2.33 bits per heavy atom. The molecular formula is C33H37F3N8O. The Morgan fingerprint density at radius 2 is 1.60 bits per heavy atom. The van der Waals surface area contributed by atoms with Gasteiger partial charge in [0.15, 0.2) is 5.75 Å². The van der Waals surface area contributed by atoms with E-state index in [9.17, 15) is 13.2 Å². The molecule has 4 heterocycles. The van der Waals surface area contributed by atoms with E-state index in [-0.39, 0.29) is 11.6 Å². The second kappa shape index (κ2) is 13.7. The maximum absolute atomic E-state index is 14.3. The molecular weight excluding hydrogens is 581 g/mol. The largest absolute Gasteiger partial charge is 0.433 e. The lowest BCUT2D eigenvalue weighted by Gasteiger charge is -2.43. The van der Waals surface area contributed by atoms with Crippen LogP contribution in [-0.4, -0.2) is 83.7 Å². The number of ether oxygens (including phenoxy) is 1. The second-order valence-corrected chi connectivity index (χ2v) is 11.5. The van der Waals surface area contributed by atoms with Gasteiger partial charge in [0.1, 0.15) is 23.8 Å². The second-order valence-electron chi connectivity index (χ2n) is 11.5. The number of aryl methyl sites for hydroxylation is 1. The van der Waals surface area contributed by atoms with Crippen molar-refractivity contribution in [2.75, 3.05) is 61.8 Å². The number of hydrogen-bond donors (Lipinski definition) is 2. The number of anilines is 5. The summed E-state index contributed by atoms with van der Waals surface area (Å²) in [6.45, 7) is 5.05. The fourth-order valence-corrected chi connectivity index (χ4v) is 6.07. The number of alkyl halides is 2. The molecule has 2 fully saturated rings. The normalized spacial score (nSPS) is 16.6. The Hall–Kier alpha value is -4.42. The highest BCUT2D eigenvalue weighted by atomic mass is 19.3. The fraction of sp³-hybridized carbons (Fsp3) is 0.364. The van der Waals surface area contributed by atoms with E-state index >= 15 is 0 Å². The first-order valence-electron chi connectivity index (χ1n) is 15.2. The zero-order valence-electron chi connectivity index (χ0n) is 25.4. The third-order valence-corrected chi connectivity index (χ3v) is 8.49. The minimum Gasteiger partial charge on any atom is -0.433 e. The number of piperazine rings is 1. The molecule has 236 valence electrons. The molecule has 2 aromatic carbocycles. The summed E-state index contributed by atoms with van der Waals surface area (Å²) in [6, 6.07) is 15.6. The van der Waals surface area contributed by atoms with Crippen molar-refractivity contribution in [2.45, 2.75) is 32.4 Å². The Balaban J connectivity index is 1.16. The van der Waals surface area contributed by atoms with Crippen LogP contribution >= 0.6 is 0 Å². The van der Waals surface area contributed by atoms with Gasteiger partial charge in [-0.05, 0) is 62.7 Å². The van der Waals surface area contributed by atoms with Gasteiger partial charge in [-0.15, -0.1) is 0 Å². The van der Waals surface area contributed by atoms with Crippen molar-refractivity contribution in [3.05, 3.63) is 78.5 Å². The summed E-state index contributed by atoms with van der Waals surface area (Å²) in [5.41, 5.74) is 3.71. The van der Waals surface area contributed by atoms with Crippen LogP contribution in [0.5, 0.6) is 5.75 Å². The molecule has 2 aliphatic heterocycles. The van der Waals surface area contributed by atoms with Crippen LogP contribution in [0.2, 0.25) is 0 Å². The molecule has 0 atom stereocenters. The first-order valence-corrected chi connectivity index (χ1v) is 15.2. The number of benzene rings is 2. The summed E-state index contributed by atoms with van der Waals surface area (Å²) in [7, 11) is 2.16. The van der Waals surface area contributed by atoms with Crippen LogP contribution < -0.4 is 20.3 Å². The standard InChI is InChI=1S/C33H37F3N8O/c1-22-17-28(30(45-33(35)36)19-29(22)44-11-8-24(9-12-44)43-15-13-42(2)14-16-43)41-32-20-31(38-21-39-32)40-23-7-10-37-27(18-23)25-5-3-4-6-26(25)34/h3-7,10,17-21,24,33H,8-9,11-16H2,1-2H3,(H2,37,38,39,40,41). The molecule has 4 aromatic rings. The predicted molar refractivity (Wildman–Crippen MR) is 170 cm³/mol. The molecule has 0 amide bonds. The summed E-state index contributed by atoms with van der Waals surface area (Å²) in [5.74, 6) is 0.513. The summed E-state index contributed by atoms with van der Waals surface area (Å²) in [5, 5.41) is 6.31. The quantitative estimate of drug-likeness (QED) is 0.225. The number of pyridine rings is 1. The topological polar surface area (TPSA) is 81.7 Å². The molecule has 6 rings (SSSR count). The van der Waals surface area contributed by atoms with Gasteiger partial charge in [0.2, 0.25) is 0 Å². The van der Waals surface area contributed by atoms with Crippen LogP contribution in [0.4, 0.5) is 41.9 Å². The molecule has 45 heavy (non-hydrogen) atoms. The van der Waals surface area contributed by atoms with Crippen LogP contribution in [0.15, 0.2) is 67.1 Å². The van der Waals surface area contributed by atoms with Crippen molar-refractivity contribution < 1.29 is 17.9 Å². The maximum Gasteiger partial charge on any atom is 0.387 e. The Kier molecular flexibility index (Phi) is 9.31. The third kappa shape index (κ3) is 7.46. The molecule has 0 unspecified atom stereocenters. The van der Waals surface area contributed by atoms with Crippen LogP contribution in [0, 0.1) is 12.7 Å². The number of piperidine rings is 1. The Bertz CT molecular complexity index is 1610. The van der Waals surface area contributed by atoms with Gasteiger partial charge < -0.3 is 25.2 Å². The van der Waals surface area contributed by atoms with Crippen molar-refractivity contribution in [1.82, 2.24) is 24.8 Å². The molecule has 9 nitrogen and oxygen atoms in total. The van der Waals surface area contributed by atoms with Crippen molar-refractivity contribution in [2.24, 2.45) is 0 Å². The number of nitrogens with zero attached hydrogens (tertiary/aromatic N) is 6. The molecule has 0 bridgehead atoms. The van der Waals surface area contributed by atoms with Crippen molar-refractivity contribution >= 4 is 28.7 Å². The number of likely N-dealkylation sites (N-methyl/N-ethyl adjacent to an activating group) is 1. The number of rotatable bonds is 9. The lowest BCUT2D eigenvalue weighted by atomic mass is 10.0. The molecule has 2 aliphatic rings. The van der Waals surface area contributed by atoms with Gasteiger partial charge in [0, 0.05) is 80.6 Å². The van der Waals surface area contributed by atoms with E-state index < -0.39 is 6.61 Å². The Labute approximate surface area is 261 Å². The van der Waals surface area contributed by atoms with E-state index in [0.29, 0.717) is 40.3 Å². The highest BCUT2D eigenvalue weighted by Crippen LogP contribution is 2.37. The van der Waals surface area contributed by atoms with E-state index in [4.69, 9.17) is 4.74 Å². The van der Waals surface area contributed by atoms with Crippen molar-refractivity contribution in [3.63, 3.8) is 0 Å². The molecule has 0 spiro atoms. The summed E-state index contributed by atoms with van der Waals surface area (Å²) < 4.78 is 46.4. The van der Waals surface area contributed by atoms with E-state index in [1.54, 1.807) is 48.7 Å². The number of aromatic nitrogens is 3. The number of nitrogens with one attached hydrogen (secondary N) is 2. The lowest BCUT2D eigenvalue weighted by Crippen LogP contribution is -2.52. The molecule has 2 aromatic heterocycles. The summed E-state index contributed by atoms with van der Waals surface area (Å²) >= 11 is 0. The first kappa shape index (κ1) is 30.6. The fourth-order valence-electron chi connectivity index (χ4n) is 6.07. The van der Waals surface area contributed by atoms with Gasteiger partial charge in [0.05, 0.1) is 11.4 Å². The molecule has 0 aliphatic carbocycles. The summed E-state index contributed by atoms with van der Waals surface area (Å²) in [4.78, 5) is 20.1. The Morgan fingerprint density at radius 1 is 0.867 bits per heavy atom.